The smallest absolute Gasteiger partial charge is 0.0224 e. The van der Waals surface area contributed by atoms with E-state index < -0.39 is 0 Å². The van der Waals surface area contributed by atoms with E-state index in [4.69, 9.17) is 0 Å². The van der Waals surface area contributed by atoms with Gasteiger partial charge in [0.2, 0.25) is 0 Å². The van der Waals surface area contributed by atoms with Crippen molar-refractivity contribution in [3.8, 4) is 0 Å². The Balaban J connectivity index is 2.08. The molecule has 0 saturated carbocycles. The minimum atomic E-state index is 1.07. The van der Waals surface area contributed by atoms with Gasteiger partial charge in [-0.05, 0) is 19.4 Å². The van der Waals surface area contributed by atoms with E-state index >= 15 is 0 Å². The lowest BCUT2D eigenvalue weighted by atomic mass is 10.4. The van der Waals surface area contributed by atoms with Crippen LogP contribution in [-0.4, -0.2) is 6.54 Å². The van der Waals surface area contributed by atoms with E-state index in [9.17, 15) is 0 Å². The van der Waals surface area contributed by atoms with Crippen molar-refractivity contribution in [2.24, 2.45) is 0 Å². The van der Waals surface area contributed by atoms with Gasteiger partial charge in [-0.25, -0.2) is 0 Å². The fourth-order valence-corrected chi connectivity index (χ4v) is 0.417. The molecule has 0 amide bonds. The molecule has 0 aromatic rings. The summed E-state index contributed by atoms with van der Waals surface area (Å²) < 4.78 is 0. The first-order chi connectivity index (χ1) is 2.50. The van der Waals surface area contributed by atoms with E-state index in [1.807, 2.05) is 0 Å². The second kappa shape index (κ2) is 1.41. The van der Waals surface area contributed by atoms with Gasteiger partial charge in [0.15, 0.2) is 0 Å². The fraction of sp³-hybridized carbons (Fsp3) is 0.500. The van der Waals surface area contributed by atoms with Crippen LogP contribution in [0.15, 0.2) is 0 Å². The van der Waals surface area contributed by atoms with Gasteiger partial charge in [0.1, 0.15) is 0 Å². The lowest BCUT2D eigenvalue weighted by Gasteiger charge is -1.75. The summed E-state index contributed by atoms with van der Waals surface area (Å²) in [5.41, 5.74) is 0. The van der Waals surface area contributed by atoms with Crippen LogP contribution in [0.4, 0.5) is 0 Å². The maximum absolute atomic E-state index is 3.04. The van der Waals surface area contributed by atoms with Crippen molar-refractivity contribution in [1.29, 1.82) is 0 Å². The average molecular weight is 69.1 g/mol. The third kappa shape index (κ3) is 0.618. The molecule has 5 heavy (non-hydrogen) atoms. The third-order valence-electron chi connectivity index (χ3n) is 0.691. The minimum absolute atomic E-state index is 1.07. The monoisotopic (exact) mass is 69.1 g/mol. The van der Waals surface area contributed by atoms with Crippen LogP contribution in [0, 0.1) is 13.0 Å². The van der Waals surface area contributed by atoms with Crippen LogP contribution in [-0.2, 0) is 0 Å². The molecule has 1 heteroatoms. The second-order valence-electron chi connectivity index (χ2n) is 1.14. The first-order valence-electron chi connectivity index (χ1n) is 1.87. The summed E-state index contributed by atoms with van der Waals surface area (Å²) >= 11 is 0. The largest absolute Gasteiger partial charge is 0.312 e. The fourth-order valence-electron chi connectivity index (χ4n) is 0.417. The van der Waals surface area contributed by atoms with Crippen molar-refractivity contribution in [3.63, 3.8) is 0 Å². The molecule has 2 radical (unpaired) electrons. The molecule has 0 spiro atoms. The normalized spacial score (nSPS) is 24.0. The van der Waals surface area contributed by atoms with E-state index in [1.165, 1.54) is 0 Å². The lowest BCUT2D eigenvalue weighted by molar-refractivity contribution is 0.967. The van der Waals surface area contributed by atoms with Crippen LogP contribution in [0.3, 0.4) is 0 Å². The van der Waals surface area contributed by atoms with Gasteiger partial charge < -0.3 is 5.32 Å². The Morgan fingerprint density at radius 1 is 1.60 bits per heavy atom. The molecule has 0 unspecified atom stereocenters. The molecule has 1 N–H and O–H groups in total. The van der Waals surface area contributed by atoms with Crippen molar-refractivity contribution in [2.45, 2.75) is 6.42 Å². The Hall–Kier alpha value is -0.0400. The van der Waals surface area contributed by atoms with Crippen LogP contribution in [0.2, 0.25) is 0 Å². The van der Waals surface area contributed by atoms with E-state index in [0.29, 0.717) is 0 Å². The number of hydrogen-bond acceptors (Lipinski definition) is 1. The Morgan fingerprint density at radius 3 is 2.80 bits per heavy atom. The topological polar surface area (TPSA) is 12.0 Å². The molecule has 0 aromatic carbocycles. The van der Waals surface area contributed by atoms with Crippen molar-refractivity contribution >= 4 is 0 Å². The summed E-state index contributed by atoms with van der Waals surface area (Å²) in [5.74, 6) is 0. The van der Waals surface area contributed by atoms with Gasteiger partial charge in [-0.1, -0.05) is 0 Å². The first-order valence-corrected chi connectivity index (χ1v) is 1.87. The molecule has 0 aromatic heterocycles. The third-order valence-corrected chi connectivity index (χ3v) is 0.691. The van der Waals surface area contributed by atoms with Gasteiger partial charge in [-0.3, -0.25) is 0 Å². The zero-order chi connectivity index (χ0) is 3.54. The molecular formula is C4H7N. The van der Waals surface area contributed by atoms with E-state index in [2.05, 4.69) is 18.3 Å². The summed E-state index contributed by atoms with van der Waals surface area (Å²) in [5, 5.41) is 3.04. The van der Waals surface area contributed by atoms with Gasteiger partial charge in [0.05, 0.1) is 0 Å². The molecule has 1 rings (SSSR count). The number of nitrogens with one attached hydrogen (secondary N) is 1. The summed E-state index contributed by atoms with van der Waals surface area (Å²) in [7, 11) is 0. The Bertz CT molecular complexity index is 15.2. The highest BCUT2D eigenvalue weighted by Crippen LogP contribution is 1.93. The summed E-state index contributed by atoms with van der Waals surface area (Å²) in [6.45, 7) is 3.12. The highest BCUT2D eigenvalue weighted by Gasteiger charge is 1.94. The highest BCUT2D eigenvalue weighted by atomic mass is 14.9. The van der Waals surface area contributed by atoms with Gasteiger partial charge >= 0.3 is 0 Å². The SMILES string of the molecule is [CH]1C[CH]NC1. The van der Waals surface area contributed by atoms with Gasteiger partial charge in [0.25, 0.3) is 0 Å². The molecule has 0 atom stereocenters. The van der Waals surface area contributed by atoms with E-state index in [1.54, 1.807) is 0 Å². The zero-order valence-corrected chi connectivity index (χ0v) is 3.07. The second-order valence-corrected chi connectivity index (χ2v) is 1.14. The molecule has 0 aliphatic carbocycles. The summed E-state index contributed by atoms with van der Waals surface area (Å²) in [6, 6.07) is 0. The molecule has 1 saturated heterocycles. The minimum Gasteiger partial charge on any atom is -0.312 e. The lowest BCUT2D eigenvalue weighted by Crippen LogP contribution is -1.98. The number of rotatable bonds is 0. The van der Waals surface area contributed by atoms with Gasteiger partial charge in [-0.2, -0.15) is 0 Å². The summed E-state index contributed by atoms with van der Waals surface area (Å²) in [6.07, 6.45) is 3.33. The molecule has 1 aliphatic heterocycles. The standard InChI is InChI=1S/C4H7N/c1-2-4-5-3-1/h1,4-5H,2-3H2. The Morgan fingerprint density at radius 2 is 2.60 bits per heavy atom. The quantitative estimate of drug-likeness (QED) is 0.432. The summed E-state index contributed by atoms with van der Waals surface area (Å²) in [4.78, 5) is 0. The van der Waals surface area contributed by atoms with Crippen LogP contribution >= 0.6 is 0 Å². The average Bonchev–Trinajstić information content (AvgIpc) is 1.76. The Labute approximate surface area is 32.4 Å². The molecular weight excluding hydrogens is 62.1 g/mol. The molecule has 0 bridgehead atoms. The van der Waals surface area contributed by atoms with Crippen LogP contribution in [0.1, 0.15) is 6.42 Å². The molecule has 1 heterocycles. The van der Waals surface area contributed by atoms with Crippen molar-refractivity contribution < 1.29 is 0 Å². The molecule has 1 aliphatic rings. The van der Waals surface area contributed by atoms with E-state index in [0.717, 1.165) is 13.0 Å². The zero-order valence-electron chi connectivity index (χ0n) is 3.07. The first kappa shape index (κ1) is 3.16. The molecule has 28 valence electrons. The Kier molecular flexibility index (Phi) is 0.892. The van der Waals surface area contributed by atoms with Crippen molar-refractivity contribution in [3.05, 3.63) is 13.0 Å². The maximum Gasteiger partial charge on any atom is 0.0224 e. The predicted octanol–water partition coefficient (Wildman–Crippen LogP) is 0.346. The highest BCUT2D eigenvalue weighted by molar-refractivity contribution is 4.84. The van der Waals surface area contributed by atoms with Crippen molar-refractivity contribution in [2.75, 3.05) is 6.54 Å². The molecule has 1 nitrogen and oxygen atoms in total. The van der Waals surface area contributed by atoms with Crippen molar-refractivity contribution in [1.82, 2.24) is 5.32 Å². The van der Waals surface area contributed by atoms with Crippen LogP contribution in [0.5, 0.6) is 0 Å². The van der Waals surface area contributed by atoms with Gasteiger partial charge in [-0.15, -0.1) is 0 Å². The van der Waals surface area contributed by atoms with Crippen LogP contribution < -0.4 is 5.32 Å². The van der Waals surface area contributed by atoms with E-state index in [-0.39, 0.29) is 0 Å². The maximum atomic E-state index is 3.04. The van der Waals surface area contributed by atoms with Crippen LogP contribution in [0.25, 0.3) is 0 Å². The molecule has 1 fully saturated rings. The van der Waals surface area contributed by atoms with Gasteiger partial charge in [0, 0.05) is 6.54 Å². The predicted molar refractivity (Wildman–Crippen MR) is 21.2 cm³/mol. The number of hydrogen-bond donors (Lipinski definition) is 1.